The van der Waals surface area contributed by atoms with Crippen LogP contribution in [0.25, 0.3) is 16.6 Å². The highest BCUT2D eigenvalue weighted by Gasteiger charge is 2.25. The van der Waals surface area contributed by atoms with Crippen LogP contribution < -0.4 is 0 Å². The lowest BCUT2D eigenvalue weighted by atomic mass is 9.91. The Morgan fingerprint density at radius 2 is 1.85 bits per heavy atom. The fourth-order valence-electron chi connectivity index (χ4n) is 4.59. The summed E-state index contributed by atoms with van der Waals surface area (Å²) in [6, 6.07) is 8.09. The van der Waals surface area contributed by atoms with Gasteiger partial charge in [0.25, 0.3) is 0 Å². The molecule has 1 fully saturated rings. The van der Waals surface area contributed by atoms with Gasteiger partial charge in [-0.1, -0.05) is 26.0 Å². The van der Waals surface area contributed by atoms with Gasteiger partial charge in [0.05, 0.1) is 5.52 Å². The predicted octanol–water partition coefficient (Wildman–Crippen LogP) is 3.94. The normalized spacial score (nSPS) is 20.5. The van der Waals surface area contributed by atoms with E-state index in [1.165, 1.54) is 6.42 Å². The van der Waals surface area contributed by atoms with Gasteiger partial charge in [-0.3, -0.25) is 4.79 Å². The summed E-state index contributed by atoms with van der Waals surface area (Å²) in [6.45, 7) is 10.4. The molecule has 0 saturated carbocycles. The first kappa shape index (κ1) is 18.0. The Hall–Kier alpha value is -2.43. The van der Waals surface area contributed by atoms with E-state index in [2.05, 4.69) is 31.7 Å². The maximum Gasteiger partial charge on any atom is 0.222 e. The molecule has 1 aromatic carbocycles. The summed E-state index contributed by atoms with van der Waals surface area (Å²) in [5.74, 6) is 1.45. The fourth-order valence-corrected chi connectivity index (χ4v) is 4.59. The van der Waals surface area contributed by atoms with Gasteiger partial charge in [0, 0.05) is 36.3 Å². The second kappa shape index (κ2) is 6.95. The van der Waals surface area contributed by atoms with Crippen LogP contribution in [0, 0.1) is 25.7 Å². The topological polar surface area (TPSA) is 50.5 Å². The lowest BCUT2D eigenvalue weighted by Gasteiger charge is -2.35. The number of carbonyl (C=O) groups is 1. The maximum atomic E-state index is 12.8. The standard InChI is InChI=1S/C22H28N4O/c1-14-11-15(2)13-25(12-14)21(27)10-9-18-16(3)23-22-19-7-5-6-8-20(19)24-26(22)17(18)4/h5-8,14-15H,9-13H2,1-4H3. The van der Waals surface area contributed by atoms with Crippen molar-refractivity contribution in [2.75, 3.05) is 13.1 Å². The van der Waals surface area contributed by atoms with E-state index in [1.54, 1.807) is 0 Å². The number of hydrogen-bond acceptors (Lipinski definition) is 3. The molecule has 0 N–H and O–H groups in total. The van der Waals surface area contributed by atoms with Gasteiger partial charge >= 0.3 is 0 Å². The Morgan fingerprint density at radius 1 is 1.15 bits per heavy atom. The predicted molar refractivity (Wildman–Crippen MR) is 108 cm³/mol. The number of likely N-dealkylation sites (tertiary alicyclic amines) is 1. The summed E-state index contributed by atoms with van der Waals surface area (Å²) in [5, 5.41) is 5.78. The van der Waals surface area contributed by atoms with Crippen molar-refractivity contribution in [3.8, 4) is 0 Å². The lowest BCUT2D eigenvalue weighted by Crippen LogP contribution is -2.42. The van der Waals surface area contributed by atoms with E-state index in [1.807, 2.05) is 29.6 Å². The number of rotatable bonds is 3. The molecule has 3 aromatic rings. The van der Waals surface area contributed by atoms with Gasteiger partial charge in [-0.2, -0.15) is 5.10 Å². The molecule has 2 atom stereocenters. The number of piperidine rings is 1. The van der Waals surface area contributed by atoms with Crippen molar-refractivity contribution >= 4 is 22.5 Å². The second-order valence-corrected chi connectivity index (χ2v) is 8.26. The van der Waals surface area contributed by atoms with Gasteiger partial charge in [0.1, 0.15) is 0 Å². The molecule has 5 heteroatoms. The minimum absolute atomic E-state index is 0.262. The summed E-state index contributed by atoms with van der Waals surface area (Å²) >= 11 is 0. The molecule has 3 heterocycles. The Kier molecular flexibility index (Phi) is 4.62. The smallest absolute Gasteiger partial charge is 0.222 e. The molecule has 0 aliphatic carbocycles. The summed E-state index contributed by atoms with van der Waals surface area (Å²) in [5.41, 5.74) is 5.08. The Bertz CT molecular complexity index is 996. The maximum absolute atomic E-state index is 12.8. The van der Waals surface area contributed by atoms with Crippen molar-refractivity contribution in [3.63, 3.8) is 0 Å². The molecule has 0 radical (unpaired) electrons. The van der Waals surface area contributed by atoms with Gasteiger partial charge in [0.2, 0.25) is 5.91 Å². The summed E-state index contributed by atoms with van der Waals surface area (Å²) in [6.07, 6.45) is 2.47. The number of amides is 1. The molecular weight excluding hydrogens is 336 g/mol. The first-order valence-corrected chi connectivity index (χ1v) is 9.95. The monoisotopic (exact) mass is 364 g/mol. The molecule has 1 aliphatic rings. The number of aromatic nitrogens is 3. The molecule has 1 saturated heterocycles. The minimum atomic E-state index is 0.262. The third kappa shape index (κ3) is 3.31. The number of benzene rings is 1. The van der Waals surface area contributed by atoms with Crippen molar-refractivity contribution in [2.45, 2.75) is 47.0 Å². The first-order chi connectivity index (χ1) is 12.9. The van der Waals surface area contributed by atoms with E-state index in [0.717, 1.165) is 53.0 Å². The number of fused-ring (bicyclic) bond motifs is 3. The van der Waals surface area contributed by atoms with E-state index in [9.17, 15) is 4.79 Å². The third-order valence-corrected chi connectivity index (χ3v) is 5.83. The first-order valence-electron chi connectivity index (χ1n) is 9.95. The van der Waals surface area contributed by atoms with Gasteiger partial charge in [0.15, 0.2) is 5.65 Å². The van der Waals surface area contributed by atoms with Gasteiger partial charge in [-0.15, -0.1) is 0 Å². The fraction of sp³-hybridized carbons (Fsp3) is 0.500. The number of nitrogens with zero attached hydrogens (tertiary/aromatic N) is 4. The van der Waals surface area contributed by atoms with Crippen LogP contribution in [0.5, 0.6) is 0 Å². The average molecular weight is 364 g/mol. The summed E-state index contributed by atoms with van der Waals surface area (Å²) < 4.78 is 1.93. The van der Waals surface area contributed by atoms with Crippen molar-refractivity contribution in [3.05, 3.63) is 41.2 Å². The largest absolute Gasteiger partial charge is 0.342 e. The van der Waals surface area contributed by atoms with Crippen LogP contribution in [-0.4, -0.2) is 38.5 Å². The quantitative estimate of drug-likeness (QED) is 0.707. The van der Waals surface area contributed by atoms with Crippen LogP contribution >= 0.6 is 0 Å². The SMILES string of the molecule is Cc1nc2c3ccccc3nn2c(C)c1CCC(=O)N1CC(C)CC(C)C1. The average Bonchev–Trinajstić information content (AvgIpc) is 2.99. The summed E-state index contributed by atoms with van der Waals surface area (Å²) in [7, 11) is 0. The Morgan fingerprint density at radius 3 is 2.59 bits per heavy atom. The number of aryl methyl sites for hydroxylation is 2. The van der Waals surface area contributed by atoms with Crippen LogP contribution in [0.15, 0.2) is 24.3 Å². The van der Waals surface area contributed by atoms with E-state index in [4.69, 9.17) is 10.1 Å². The molecule has 5 nitrogen and oxygen atoms in total. The minimum Gasteiger partial charge on any atom is -0.342 e. The van der Waals surface area contributed by atoms with Crippen molar-refractivity contribution < 1.29 is 4.79 Å². The molecule has 1 amide bonds. The zero-order valence-electron chi connectivity index (χ0n) is 16.7. The molecule has 1 aliphatic heterocycles. The molecule has 4 rings (SSSR count). The van der Waals surface area contributed by atoms with Gasteiger partial charge in [-0.25, -0.2) is 9.50 Å². The van der Waals surface area contributed by atoms with Crippen molar-refractivity contribution in [1.82, 2.24) is 19.5 Å². The molecule has 142 valence electrons. The van der Waals surface area contributed by atoms with Gasteiger partial charge in [-0.05, 0) is 56.2 Å². The zero-order chi connectivity index (χ0) is 19.1. The number of carbonyl (C=O) groups excluding carboxylic acids is 1. The van der Waals surface area contributed by atoms with Crippen LogP contribution in [-0.2, 0) is 11.2 Å². The lowest BCUT2D eigenvalue weighted by molar-refractivity contribution is -0.133. The molecule has 2 unspecified atom stereocenters. The van der Waals surface area contributed by atoms with E-state index >= 15 is 0 Å². The third-order valence-electron chi connectivity index (χ3n) is 5.83. The molecule has 0 spiro atoms. The zero-order valence-corrected chi connectivity index (χ0v) is 16.7. The molecule has 0 bridgehead atoms. The Labute approximate surface area is 160 Å². The van der Waals surface area contributed by atoms with E-state index < -0.39 is 0 Å². The Balaban J connectivity index is 1.58. The molecule has 27 heavy (non-hydrogen) atoms. The molecule has 2 aromatic heterocycles. The van der Waals surface area contributed by atoms with Crippen molar-refractivity contribution in [2.24, 2.45) is 11.8 Å². The van der Waals surface area contributed by atoms with Crippen LogP contribution in [0.3, 0.4) is 0 Å². The summed E-state index contributed by atoms with van der Waals surface area (Å²) in [4.78, 5) is 19.6. The van der Waals surface area contributed by atoms with Crippen LogP contribution in [0.2, 0.25) is 0 Å². The van der Waals surface area contributed by atoms with Gasteiger partial charge < -0.3 is 4.90 Å². The van der Waals surface area contributed by atoms with E-state index in [-0.39, 0.29) is 5.91 Å². The number of hydrogen-bond donors (Lipinski definition) is 0. The second-order valence-electron chi connectivity index (χ2n) is 8.26. The van der Waals surface area contributed by atoms with Crippen molar-refractivity contribution in [1.29, 1.82) is 0 Å². The van der Waals surface area contributed by atoms with Crippen LogP contribution in [0.1, 0.15) is 43.6 Å². The highest BCUT2D eigenvalue weighted by atomic mass is 16.2. The van der Waals surface area contributed by atoms with Crippen LogP contribution in [0.4, 0.5) is 0 Å². The van der Waals surface area contributed by atoms with E-state index in [0.29, 0.717) is 18.3 Å². The highest BCUT2D eigenvalue weighted by molar-refractivity contribution is 5.92. The molecular formula is C22H28N4O. The highest BCUT2D eigenvalue weighted by Crippen LogP contribution is 2.24.